The molecule has 0 saturated heterocycles. The van der Waals surface area contributed by atoms with Gasteiger partial charge in [-0.05, 0) is 56.2 Å². The molecule has 0 atom stereocenters. The summed E-state index contributed by atoms with van der Waals surface area (Å²) in [6.07, 6.45) is 7.32. The highest BCUT2D eigenvalue weighted by Crippen LogP contribution is 2.38. The van der Waals surface area contributed by atoms with Gasteiger partial charge in [0.2, 0.25) is 0 Å². The number of hydrogen-bond acceptors (Lipinski definition) is 2. The molecular weight excluding hydrogens is 256 g/mol. The van der Waals surface area contributed by atoms with Crippen LogP contribution in [0.5, 0.6) is 0 Å². The lowest BCUT2D eigenvalue weighted by molar-refractivity contribution is 0.107. The van der Waals surface area contributed by atoms with Crippen molar-refractivity contribution in [3.05, 3.63) is 30.1 Å². The Bertz CT molecular complexity index is 372. The minimum absolute atomic E-state index is 0.477. The van der Waals surface area contributed by atoms with Gasteiger partial charge in [-0.2, -0.15) is 0 Å². The Labute approximate surface area is 132 Å². The highest BCUT2D eigenvalue weighted by molar-refractivity contribution is 5.03. The molecule has 0 N–H and O–H groups in total. The van der Waals surface area contributed by atoms with Crippen molar-refractivity contribution >= 4 is 0 Å². The Morgan fingerprint density at radius 3 is 2.19 bits per heavy atom. The van der Waals surface area contributed by atoms with Gasteiger partial charge in [0.1, 0.15) is 0 Å². The van der Waals surface area contributed by atoms with Crippen LogP contribution in [0, 0.1) is 11.3 Å². The van der Waals surface area contributed by atoms with E-state index >= 15 is 0 Å². The fraction of sp³-hybridized carbons (Fsp3) is 0.737. The molecule has 0 aromatic carbocycles. The molecule has 1 aromatic rings. The lowest BCUT2D eigenvalue weighted by atomic mass is 9.71. The van der Waals surface area contributed by atoms with E-state index in [2.05, 4.69) is 49.8 Å². The fourth-order valence-electron chi connectivity index (χ4n) is 3.26. The number of rotatable bonds is 3. The van der Waals surface area contributed by atoms with Crippen molar-refractivity contribution in [2.24, 2.45) is 11.3 Å². The van der Waals surface area contributed by atoms with Crippen LogP contribution in [0.15, 0.2) is 24.4 Å². The summed E-state index contributed by atoms with van der Waals surface area (Å²) in [5.41, 5.74) is 1.66. The van der Waals surface area contributed by atoms with Gasteiger partial charge >= 0.3 is 0 Å². The largest absolute Gasteiger partial charge is 0.298 e. The highest BCUT2D eigenvalue weighted by Gasteiger charge is 2.30. The van der Waals surface area contributed by atoms with Crippen molar-refractivity contribution in [1.82, 2.24) is 9.88 Å². The fourth-order valence-corrected chi connectivity index (χ4v) is 3.26. The topological polar surface area (TPSA) is 16.1 Å². The molecule has 0 unspecified atom stereocenters. The summed E-state index contributed by atoms with van der Waals surface area (Å²) < 4.78 is 0. The van der Waals surface area contributed by atoms with Crippen LogP contribution in [-0.4, -0.2) is 23.0 Å². The van der Waals surface area contributed by atoms with E-state index in [1.165, 1.54) is 31.4 Å². The third-order valence-electron chi connectivity index (χ3n) is 4.68. The van der Waals surface area contributed by atoms with E-state index in [1.54, 1.807) is 0 Å². The first-order valence-corrected chi connectivity index (χ1v) is 8.57. The van der Waals surface area contributed by atoms with Crippen LogP contribution in [0.2, 0.25) is 0 Å². The van der Waals surface area contributed by atoms with Gasteiger partial charge in [0.25, 0.3) is 0 Å². The first-order chi connectivity index (χ1) is 9.97. The number of nitrogens with zero attached hydrogens (tertiary/aromatic N) is 2. The van der Waals surface area contributed by atoms with Gasteiger partial charge in [0.15, 0.2) is 0 Å². The molecular formula is C19H34N2. The van der Waals surface area contributed by atoms with Gasteiger partial charge in [0.05, 0.1) is 5.69 Å². The lowest BCUT2D eigenvalue weighted by Gasteiger charge is -2.39. The minimum Gasteiger partial charge on any atom is -0.298 e. The molecule has 120 valence electrons. The normalized spacial score (nSPS) is 22.6. The molecule has 1 saturated carbocycles. The molecule has 0 aliphatic heterocycles. The van der Waals surface area contributed by atoms with Crippen LogP contribution in [0.25, 0.3) is 0 Å². The van der Waals surface area contributed by atoms with Gasteiger partial charge in [-0.3, -0.25) is 9.88 Å². The average Bonchev–Trinajstić information content (AvgIpc) is 2.49. The average molecular weight is 290 g/mol. The molecule has 0 amide bonds. The number of hydrogen-bond donors (Lipinski definition) is 0. The second-order valence-corrected chi connectivity index (χ2v) is 7.11. The summed E-state index contributed by atoms with van der Waals surface area (Å²) in [7, 11) is 2.25. The van der Waals surface area contributed by atoms with Crippen LogP contribution in [0.3, 0.4) is 0 Å². The van der Waals surface area contributed by atoms with Crippen LogP contribution in [-0.2, 0) is 6.54 Å². The molecule has 0 bridgehead atoms. The van der Waals surface area contributed by atoms with Crippen LogP contribution < -0.4 is 0 Å². The van der Waals surface area contributed by atoms with Gasteiger partial charge in [0, 0.05) is 18.8 Å². The molecule has 1 aliphatic rings. The summed E-state index contributed by atoms with van der Waals surface area (Å²) >= 11 is 0. The number of aromatic nitrogens is 1. The third kappa shape index (κ3) is 5.78. The summed E-state index contributed by atoms with van der Waals surface area (Å²) in [6, 6.07) is 6.92. The minimum atomic E-state index is 0.477. The van der Waals surface area contributed by atoms with E-state index in [0.29, 0.717) is 5.41 Å². The van der Waals surface area contributed by atoms with Crippen LogP contribution >= 0.6 is 0 Å². The molecule has 1 fully saturated rings. The van der Waals surface area contributed by atoms with Crippen molar-refractivity contribution < 1.29 is 0 Å². The number of pyridine rings is 1. The molecule has 1 heterocycles. The Morgan fingerprint density at radius 2 is 1.71 bits per heavy atom. The Kier molecular flexibility index (Phi) is 7.37. The van der Waals surface area contributed by atoms with E-state index in [4.69, 9.17) is 0 Å². The second kappa shape index (κ2) is 8.53. The van der Waals surface area contributed by atoms with Gasteiger partial charge in [-0.25, -0.2) is 0 Å². The molecule has 0 spiro atoms. The summed E-state index contributed by atoms with van der Waals surface area (Å²) in [5, 5.41) is 0. The van der Waals surface area contributed by atoms with E-state index in [9.17, 15) is 0 Å². The Hall–Kier alpha value is -0.890. The van der Waals surface area contributed by atoms with E-state index in [1.807, 2.05) is 26.1 Å². The monoisotopic (exact) mass is 290 g/mol. The lowest BCUT2D eigenvalue weighted by Crippen LogP contribution is -2.37. The van der Waals surface area contributed by atoms with E-state index in [-0.39, 0.29) is 0 Å². The van der Waals surface area contributed by atoms with E-state index < -0.39 is 0 Å². The maximum atomic E-state index is 4.43. The zero-order chi connectivity index (χ0) is 15.9. The smallest absolute Gasteiger partial charge is 0.0543 e. The molecule has 1 aliphatic carbocycles. The zero-order valence-corrected chi connectivity index (χ0v) is 14.9. The maximum absolute atomic E-state index is 4.43. The van der Waals surface area contributed by atoms with Gasteiger partial charge in [-0.1, -0.05) is 40.7 Å². The third-order valence-corrected chi connectivity index (χ3v) is 4.68. The molecule has 0 radical (unpaired) electrons. The van der Waals surface area contributed by atoms with Crippen molar-refractivity contribution in [3.8, 4) is 0 Å². The quantitative estimate of drug-likeness (QED) is 0.766. The Balaban J connectivity index is 0.00000106. The van der Waals surface area contributed by atoms with Crippen molar-refractivity contribution in [3.63, 3.8) is 0 Å². The van der Waals surface area contributed by atoms with E-state index in [0.717, 1.165) is 18.5 Å². The standard InChI is InChI=1S/C17H28N2.C2H6/c1-17(2,3)14-8-10-16(11-9-14)19(4)13-15-7-5-6-12-18-15;1-2/h5-7,12,14,16H,8-11,13H2,1-4H3;1-2H3. The molecule has 2 rings (SSSR count). The SMILES string of the molecule is CC.CN(Cc1ccccn1)C1CCC(C(C)(C)C)CC1. The summed E-state index contributed by atoms with van der Waals surface area (Å²) in [6.45, 7) is 12.1. The summed E-state index contributed by atoms with van der Waals surface area (Å²) in [5.74, 6) is 0.895. The highest BCUT2D eigenvalue weighted by atomic mass is 15.1. The van der Waals surface area contributed by atoms with Crippen molar-refractivity contribution in [2.75, 3.05) is 7.05 Å². The first-order valence-electron chi connectivity index (χ1n) is 8.57. The predicted octanol–water partition coefficient (Wildman–Crippen LogP) is 5.14. The van der Waals surface area contributed by atoms with Gasteiger partial charge < -0.3 is 0 Å². The maximum Gasteiger partial charge on any atom is 0.0543 e. The summed E-state index contributed by atoms with van der Waals surface area (Å²) in [4.78, 5) is 6.91. The molecule has 1 aromatic heterocycles. The molecule has 21 heavy (non-hydrogen) atoms. The zero-order valence-electron chi connectivity index (χ0n) is 14.9. The van der Waals surface area contributed by atoms with Crippen molar-refractivity contribution in [2.45, 2.75) is 72.9 Å². The van der Waals surface area contributed by atoms with Crippen molar-refractivity contribution in [1.29, 1.82) is 0 Å². The van der Waals surface area contributed by atoms with Gasteiger partial charge in [-0.15, -0.1) is 0 Å². The predicted molar refractivity (Wildman–Crippen MR) is 92.3 cm³/mol. The van der Waals surface area contributed by atoms with Crippen LogP contribution in [0.4, 0.5) is 0 Å². The molecule has 2 nitrogen and oxygen atoms in total. The second-order valence-electron chi connectivity index (χ2n) is 7.11. The Morgan fingerprint density at radius 1 is 1.10 bits per heavy atom. The first kappa shape index (κ1) is 18.2. The van der Waals surface area contributed by atoms with Crippen LogP contribution in [0.1, 0.15) is 66.0 Å². The molecule has 2 heteroatoms.